The van der Waals surface area contributed by atoms with Gasteiger partial charge in [0.25, 0.3) is 0 Å². The van der Waals surface area contributed by atoms with Gasteiger partial charge in [0.1, 0.15) is 18.5 Å². The Bertz CT molecular complexity index is 1100. The van der Waals surface area contributed by atoms with Crippen LogP contribution in [0.4, 0.5) is 0 Å². The predicted octanol–water partition coefficient (Wildman–Crippen LogP) is 4.48. The molecule has 9 nitrogen and oxygen atoms in total. The van der Waals surface area contributed by atoms with Crippen LogP contribution in [0.25, 0.3) is 0 Å². The van der Waals surface area contributed by atoms with E-state index in [4.69, 9.17) is 18.9 Å². The van der Waals surface area contributed by atoms with Crippen molar-refractivity contribution < 1.29 is 43.5 Å². The van der Waals surface area contributed by atoms with E-state index in [1.807, 2.05) is 26.8 Å². The smallest absolute Gasteiger partial charge is 0.331 e. The van der Waals surface area contributed by atoms with Crippen LogP contribution in [-0.2, 0) is 33.3 Å². The zero-order valence-corrected chi connectivity index (χ0v) is 25.7. The number of fused-ring (bicyclic) bond motifs is 2. The summed E-state index contributed by atoms with van der Waals surface area (Å²) in [4.78, 5) is 38.0. The number of methoxy groups -OCH3 is 1. The van der Waals surface area contributed by atoms with Crippen LogP contribution in [0, 0.1) is 40.4 Å². The Balaban J connectivity index is 1.68. The highest BCUT2D eigenvalue weighted by Gasteiger charge is 2.70. The molecular weight excluding hydrogens is 540 g/mol. The van der Waals surface area contributed by atoms with Gasteiger partial charge in [-0.25, -0.2) is 4.79 Å². The van der Waals surface area contributed by atoms with Crippen molar-refractivity contribution in [3.63, 3.8) is 0 Å². The Hall–Kier alpha value is -2.33. The first-order valence-electron chi connectivity index (χ1n) is 15.3. The van der Waals surface area contributed by atoms with Gasteiger partial charge in [-0.1, -0.05) is 57.1 Å². The quantitative estimate of drug-likeness (QED) is 0.118. The highest BCUT2D eigenvalue weighted by atomic mass is 16.7. The van der Waals surface area contributed by atoms with E-state index >= 15 is 0 Å². The van der Waals surface area contributed by atoms with Crippen molar-refractivity contribution in [1.29, 1.82) is 0 Å². The van der Waals surface area contributed by atoms with E-state index < -0.39 is 53.5 Å². The molecule has 0 aromatic heterocycles. The summed E-state index contributed by atoms with van der Waals surface area (Å²) >= 11 is 0. The van der Waals surface area contributed by atoms with Crippen molar-refractivity contribution >= 4 is 18.2 Å². The van der Waals surface area contributed by atoms with Gasteiger partial charge in [0.05, 0.1) is 18.1 Å². The van der Waals surface area contributed by atoms with Crippen LogP contribution in [0.5, 0.6) is 0 Å². The van der Waals surface area contributed by atoms with Gasteiger partial charge in [-0.15, -0.1) is 0 Å². The van der Waals surface area contributed by atoms with E-state index in [2.05, 4.69) is 6.92 Å². The summed E-state index contributed by atoms with van der Waals surface area (Å²) in [7, 11) is 1.46. The Kier molecular flexibility index (Phi) is 10.2. The van der Waals surface area contributed by atoms with Gasteiger partial charge in [0.15, 0.2) is 12.4 Å². The number of hydrogen-bond donors (Lipinski definition) is 2. The SMILES string of the molecule is C/C=C/C=C/C(=O)O[C@@H]1[C@H](O)[C@@H](OC[C@@]23C[C@H]4[C@H](CC[C@@H]4C)C[C@]2(C(=O)O)C(C(C)C)=C[C@H]3CC=O)O[C@@H](C)[C@@H]1OC. The van der Waals surface area contributed by atoms with Crippen molar-refractivity contribution in [1.82, 2.24) is 0 Å². The van der Waals surface area contributed by atoms with Crippen LogP contribution >= 0.6 is 0 Å². The van der Waals surface area contributed by atoms with Crippen LogP contribution < -0.4 is 0 Å². The van der Waals surface area contributed by atoms with Crippen molar-refractivity contribution in [2.75, 3.05) is 13.7 Å². The monoisotopic (exact) mass is 588 g/mol. The summed E-state index contributed by atoms with van der Waals surface area (Å²) in [5.74, 6) is -0.816. The molecule has 0 amide bonds. The summed E-state index contributed by atoms with van der Waals surface area (Å²) in [6, 6.07) is 0. The molecule has 3 aliphatic carbocycles. The van der Waals surface area contributed by atoms with Crippen LogP contribution in [0.15, 0.2) is 36.0 Å². The number of carboxylic acid groups (broad SMARTS) is 1. The number of aldehydes is 1. The number of carbonyl (C=O) groups excluding carboxylic acids is 2. The average Bonchev–Trinajstić information content (AvgIpc) is 3.44. The fourth-order valence-corrected chi connectivity index (χ4v) is 8.61. The molecule has 4 rings (SSSR count). The number of esters is 1. The zero-order chi connectivity index (χ0) is 30.8. The number of rotatable bonds is 11. The highest BCUT2D eigenvalue weighted by Crippen LogP contribution is 2.70. The molecule has 4 aliphatic rings. The van der Waals surface area contributed by atoms with E-state index in [0.29, 0.717) is 30.6 Å². The van der Waals surface area contributed by atoms with Crippen LogP contribution in [-0.4, -0.2) is 72.9 Å². The molecule has 1 saturated heterocycles. The van der Waals surface area contributed by atoms with Crippen LogP contribution in [0.3, 0.4) is 0 Å². The fourth-order valence-electron chi connectivity index (χ4n) is 8.61. The lowest BCUT2D eigenvalue weighted by atomic mass is 9.47. The molecule has 1 aliphatic heterocycles. The van der Waals surface area contributed by atoms with Gasteiger partial charge in [0, 0.05) is 25.0 Å². The molecule has 0 bridgehead atoms. The minimum Gasteiger partial charge on any atom is -0.481 e. The van der Waals surface area contributed by atoms with Crippen molar-refractivity contribution in [3.8, 4) is 0 Å². The normalized spacial score (nSPS) is 41.6. The molecule has 0 unspecified atom stereocenters. The number of aliphatic hydroxyl groups is 1. The zero-order valence-electron chi connectivity index (χ0n) is 25.7. The van der Waals surface area contributed by atoms with E-state index in [1.54, 1.807) is 25.2 Å². The number of allylic oxidation sites excluding steroid dienone is 4. The minimum absolute atomic E-state index is 0.0194. The molecule has 0 radical (unpaired) electrons. The second kappa shape index (κ2) is 13.1. The fraction of sp³-hybridized carbons (Fsp3) is 0.727. The molecule has 9 heteroatoms. The topological polar surface area (TPSA) is 129 Å². The summed E-state index contributed by atoms with van der Waals surface area (Å²) < 4.78 is 23.6. The molecule has 3 fully saturated rings. The lowest BCUT2D eigenvalue weighted by Crippen LogP contribution is -2.61. The summed E-state index contributed by atoms with van der Waals surface area (Å²) in [5, 5.41) is 22.4. The molecule has 2 N–H and O–H groups in total. The average molecular weight is 589 g/mol. The number of aliphatic hydroxyl groups excluding tert-OH is 1. The third-order valence-corrected chi connectivity index (χ3v) is 10.6. The maximum absolute atomic E-state index is 13.5. The molecular formula is C33H48O9. The predicted molar refractivity (Wildman–Crippen MR) is 155 cm³/mol. The van der Waals surface area contributed by atoms with Gasteiger partial charge in [-0.2, -0.15) is 0 Å². The maximum atomic E-state index is 13.5. The second-order valence-corrected chi connectivity index (χ2v) is 13.0. The first-order chi connectivity index (χ1) is 20.0. The first kappa shape index (κ1) is 32.6. The standard InChI is InChI=1S/C33H48O9/c1-7-8-9-10-26(35)42-29-27(36)30(41-21(5)28(29)39-6)40-18-32-17-24-20(4)11-12-22(24)16-33(32,31(37)38)25(19(2)3)15-23(32)13-14-34/h7-10,14-15,19-24,27-30,36H,11-13,16-18H2,1-6H3,(H,37,38)/b8-7+,10-9+/t20-,21-,22+,23+,24+,27-,28-,29+,30-,32+,33+/m0/s1. The molecule has 11 atom stereocenters. The number of hydrogen-bond acceptors (Lipinski definition) is 8. The summed E-state index contributed by atoms with van der Waals surface area (Å²) in [5.41, 5.74) is -1.23. The lowest BCUT2D eigenvalue weighted by molar-refractivity contribution is -0.308. The first-order valence-corrected chi connectivity index (χ1v) is 15.3. The van der Waals surface area contributed by atoms with Gasteiger partial charge in [-0.05, 0) is 62.7 Å². The Morgan fingerprint density at radius 1 is 1.17 bits per heavy atom. The lowest BCUT2D eigenvalue weighted by Gasteiger charge is -2.56. The molecule has 0 spiro atoms. The summed E-state index contributed by atoms with van der Waals surface area (Å²) in [6.07, 6.45) is 7.56. The number of carboxylic acids is 1. The minimum atomic E-state index is -1.38. The maximum Gasteiger partial charge on any atom is 0.331 e. The molecule has 234 valence electrons. The number of ether oxygens (including phenoxy) is 4. The van der Waals surface area contributed by atoms with Crippen LogP contribution in [0.1, 0.15) is 66.7 Å². The van der Waals surface area contributed by atoms with Crippen molar-refractivity contribution in [3.05, 3.63) is 36.0 Å². The Labute approximate surface area is 249 Å². The van der Waals surface area contributed by atoms with E-state index in [1.165, 1.54) is 13.2 Å². The van der Waals surface area contributed by atoms with E-state index in [9.17, 15) is 24.6 Å². The van der Waals surface area contributed by atoms with Crippen molar-refractivity contribution in [2.45, 2.75) is 97.4 Å². The summed E-state index contributed by atoms with van der Waals surface area (Å²) in [6.45, 7) is 9.82. The second-order valence-electron chi connectivity index (χ2n) is 13.0. The largest absolute Gasteiger partial charge is 0.481 e. The number of aliphatic carboxylic acids is 1. The van der Waals surface area contributed by atoms with Gasteiger partial charge >= 0.3 is 11.9 Å². The molecule has 2 saturated carbocycles. The van der Waals surface area contributed by atoms with E-state index in [-0.39, 0.29) is 24.9 Å². The Morgan fingerprint density at radius 2 is 1.90 bits per heavy atom. The molecule has 0 aromatic rings. The highest BCUT2D eigenvalue weighted by molar-refractivity contribution is 5.83. The van der Waals surface area contributed by atoms with Crippen molar-refractivity contribution in [2.24, 2.45) is 40.4 Å². The van der Waals surface area contributed by atoms with Gasteiger partial charge < -0.3 is 34.0 Å². The third kappa shape index (κ3) is 5.53. The van der Waals surface area contributed by atoms with E-state index in [0.717, 1.165) is 24.7 Å². The van der Waals surface area contributed by atoms with Gasteiger partial charge in [-0.3, -0.25) is 4.79 Å². The number of carbonyl (C=O) groups is 3. The Morgan fingerprint density at radius 3 is 2.52 bits per heavy atom. The molecule has 42 heavy (non-hydrogen) atoms. The molecule has 1 heterocycles. The third-order valence-electron chi connectivity index (χ3n) is 10.6. The van der Waals surface area contributed by atoms with Gasteiger partial charge in [0.2, 0.25) is 0 Å². The van der Waals surface area contributed by atoms with Crippen LogP contribution in [0.2, 0.25) is 0 Å². The molecule has 0 aromatic carbocycles.